The highest BCUT2D eigenvalue weighted by atomic mass is 14.2. The summed E-state index contributed by atoms with van der Waals surface area (Å²) in [6.07, 6.45) is 0. The van der Waals surface area contributed by atoms with Crippen LogP contribution in [0.4, 0.5) is 0 Å². The van der Waals surface area contributed by atoms with Gasteiger partial charge in [-0.2, -0.15) is 0 Å². The molecule has 0 aliphatic heterocycles. The smallest absolute Gasteiger partial charge is 0.00960 e. The van der Waals surface area contributed by atoms with Crippen molar-refractivity contribution in [3.05, 3.63) is 83.9 Å². The molecule has 0 atom stereocenters. The molecule has 4 aromatic rings. The van der Waals surface area contributed by atoms with E-state index >= 15 is 0 Å². The molecular weight excluding hydrogens is 300 g/mol. The molecule has 0 saturated carbocycles. The Hall–Kier alpha value is -2.60. The van der Waals surface area contributed by atoms with E-state index in [4.69, 9.17) is 0 Å². The minimum atomic E-state index is 0.143. The van der Waals surface area contributed by atoms with Crippen LogP contribution in [-0.4, -0.2) is 0 Å². The molecule has 0 radical (unpaired) electrons. The van der Waals surface area contributed by atoms with Gasteiger partial charge in [0.05, 0.1) is 0 Å². The number of rotatable bonds is 1. The van der Waals surface area contributed by atoms with Gasteiger partial charge >= 0.3 is 0 Å². The molecule has 0 aliphatic rings. The lowest BCUT2D eigenvalue weighted by atomic mass is 9.83. The quantitative estimate of drug-likeness (QED) is 0.323. The highest BCUT2D eigenvalue weighted by molar-refractivity contribution is 6.14. The molecule has 0 amide bonds. The molecule has 0 nitrogen and oxygen atoms in total. The monoisotopic (exact) mass is 324 g/mol. The van der Waals surface area contributed by atoms with E-state index in [1.54, 1.807) is 0 Å². The maximum Gasteiger partial charge on any atom is -0.00960 e. The minimum absolute atomic E-state index is 0.143. The first-order valence-corrected chi connectivity index (χ1v) is 8.96. The lowest BCUT2D eigenvalue weighted by molar-refractivity contribution is 0.591. The lowest BCUT2D eigenvalue weighted by Gasteiger charge is -2.21. The Morgan fingerprint density at radius 2 is 1.40 bits per heavy atom. The number of fused-ring (bicyclic) bond motifs is 3. The van der Waals surface area contributed by atoms with E-state index in [-0.39, 0.29) is 5.41 Å². The van der Waals surface area contributed by atoms with Crippen molar-refractivity contribution in [1.29, 1.82) is 0 Å². The molecule has 4 aromatic carbocycles. The topological polar surface area (TPSA) is 0 Å². The molecule has 4 rings (SSSR count). The van der Waals surface area contributed by atoms with E-state index in [0.717, 1.165) is 0 Å². The predicted molar refractivity (Wildman–Crippen MR) is 110 cm³/mol. The van der Waals surface area contributed by atoms with Crippen LogP contribution in [0.2, 0.25) is 0 Å². The van der Waals surface area contributed by atoms with Crippen molar-refractivity contribution in [2.45, 2.75) is 33.1 Å². The number of benzene rings is 4. The predicted octanol–water partition coefficient (Wildman–Crippen LogP) is 7.27. The first-order chi connectivity index (χ1) is 11.9. The maximum absolute atomic E-state index is 2.39. The Labute approximate surface area is 150 Å². The second-order valence-corrected chi connectivity index (χ2v) is 8.03. The summed E-state index contributed by atoms with van der Waals surface area (Å²) in [6, 6.07) is 26.8. The van der Waals surface area contributed by atoms with Crippen molar-refractivity contribution in [2.75, 3.05) is 0 Å². The van der Waals surface area contributed by atoms with Crippen LogP contribution in [0.15, 0.2) is 72.8 Å². The lowest BCUT2D eigenvalue weighted by Crippen LogP contribution is -2.10. The van der Waals surface area contributed by atoms with Crippen LogP contribution in [0.1, 0.15) is 31.9 Å². The average molecular weight is 324 g/mol. The van der Waals surface area contributed by atoms with Gasteiger partial charge in [0, 0.05) is 0 Å². The van der Waals surface area contributed by atoms with Gasteiger partial charge in [-0.3, -0.25) is 0 Å². The van der Waals surface area contributed by atoms with E-state index in [9.17, 15) is 0 Å². The summed E-state index contributed by atoms with van der Waals surface area (Å²) in [5.74, 6) is 0. The Kier molecular flexibility index (Phi) is 3.65. The van der Waals surface area contributed by atoms with Crippen molar-refractivity contribution < 1.29 is 0 Å². The van der Waals surface area contributed by atoms with Crippen LogP contribution in [0.25, 0.3) is 32.7 Å². The molecular formula is C25H24. The van der Waals surface area contributed by atoms with Crippen molar-refractivity contribution in [1.82, 2.24) is 0 Å². The zero-order chi connectivity index (χ0) is 17.6. The molecule has 0 fully saturated rings. The summed E-state index contributed by atoms with van der Waals surface area (Å²) in [5.41, 5.74) is 5.42. The number of hydrogen-bond acceptors (Lipinski definition) is 0. The van der Waals surface area contributed by atoms with E-state index < -0.39 is 0 Å². The fourth-order valence-electron chi connectivity index (χ4n) is 3.59. The normalized spacial score (nSPS) is 12.0. The Balaban J connectivity index is 2.15. The van der Waals surface area contributed by atoms with Crippen LogP contribution in [-0.2, 0) is 5.41 Å². The van der Waals surface area contributed by atoms with E-state index in [1.807, 2.05) is 0 Å². The SMILES string of the molecule is Cc1ccc2cc(-c3ccccc3)c3cc(C(C)(C)C)ccc3c2c1. The molecule has 0 bridgehead atoms. The maximum atomic E-state index is 2.39. The standard InChI is InChI=1S/C25H24/c1-17-10-11-19-15-23(18-8-6-5-7-9-18)24-16-20(25(2,3)4)12-13-21(24)22(19)14-17/h5-16H,1-4H3. The third-order valence-electron chi connectivity index (χ3n) is 5.06. The molecule has 124 valence electrons. The van der Waals surface area contributed by atoms with Crippen LogP contribution in [0.3, 0.4) is 0 Å². The van der Waals surface area contributed by atoms with Gasteiger partial charge < -0.3 is 0 Å². The van der Waals surface area contributed by atoms with Gasteiger partial charge in [-0.05, 0) is 62.7 Å². The first kappa shape index (κ1) is 15.9. The van der Waals surface area contributed by atoms with Crippen LogP contribution in [0, 0.1) is 6.92 Å². The molecule has 0 heteroatoms. The van der Waals surface area contributed by atoms with Gasteiger partial charge in [0.25, 0.3) is 0 Å². The van der Waals surface area contributed by atoms with Crippen LogP contribution >= 0.6 is 0 Å². The zero-order valence-electron chi connectivity index (χ0n) is 15.4. The summed E-state index contributed by atoms with van der Waals surface area (Å²) in [5, 5.41) is 5.33. The zero-order valence-corrected chi connectivity index (χ0v) is 15.4. The summed E-state index contributed by atoms with van der Waals surface area (Å²) in [7, 11) is 0. The van der Waals surface area contributed by atoms with Gasteiger partial charge in [0.15, 0.2) is 0 Å². The summed E-state index contributed by atoms with van der Waals surface area (Å²) < 4.78 is 0. The van der Waals surface area contributed by atoms with Crippen LogP contribution in [0.5, 0.6) is 0 Å². The summed E-state index contributed by atoms with van der Waals surface area (Å²) >= 11 is 0. The van der Waals surface area contributed by atoms with Crippen molar-refractivity contribution in [2.24, 2.45) is 0 Å². The molecule has 25 heavy (non-hydrogen) atoms. The molecule has 0 N–H and O–H groups in total. The van der Waals surface area contributed by atoms with Crippen LogP contribution < -0.4 is 0 Å². The van der Waals surface area contributed by atoms with Crippen molar-refractivity contribution in [3.8, 4) is 11.1 Å². The molecule has 0 heterocycles. The minimum Gasteiger partial charge on any atom is -0.0622 e. The third-order valence-corrected chi connectivity index (χ3v) is 5.06. The van der Waals surface area contributed by atoms with E-state index in [1.165, 1.54) is 43.8 Å². The summed E-state index contributed by atoms with van der Waals surface area (Å²) in [6.45, 7) is 9.00. The van der Waals surface area contributed by atoms with E-state index in [2.05, 4.69) is 100 Å². The van der Waals surface area contributed by atoms with Gasteiger partial charge in [0.2, 0.25) is 0 Å². The van der Waals surface area contributed by atoms with E-state index in [0.29, 0.717) is 0 Å². The van der Waals surface area contributed by atoms with Crippen molar-refractivity contribution >= 4 is 21.5 Å². The second-order valence-electron chi connectivity index (χ2n) is 8.03. The van der Waals surface area contributed by atoms with Gasteiger partial charge in [-0.1, -0.05) is 87.0 Å². The Morgan fingerprint density at radius 3 is 2.12 bits per heavy atom. The average Bonchev–Trinajstić information content (AvgIpc) is 2.60. The highest BCUT2D eigenvalue weighted by Crippen LogP contribution is 2.37. The Morgan fingerprint density at radius 1 is 0.640 bits per heavy atom. The molecule has 0 spiro atoms. The molecule has 0 saturated heterocycles. The second kappa shape index (κ2) is 5.74. The summed E-state index contributed by atoms with van der Waals surface area (Å²) in [4.78, 5) is 0. The third kappa shape index (κ3) is 2.82. The fourth-order valence-corrected chi connectivity index (χ4v) is 3.59. The van der Waals surface area contributed by atoms with Crippen molar-refractivity contribution in [3.63, 3.8) is 0 Å². The van der Waals surface area contributed by atoms with Gasteiger partial charge in [-0.25, -0.2) is 0 Å². The highest BCUT2D eigenvalue weighted by Gasteiger charge is 2.16. The number of aryl methyl sites for hydroxylation is 1. The fraction of sp³-hybridized carbons (Fsp3) is 0.200. The molecule has 0 aromatic heterocycles. The van der Waals surface area contributed by atoms with Gasteiger partial charge in [-0.15, -0.1) is 0 Å². The van der Waals surface area contributed by atoms with Gasteiger partial charge in [0.1, 0.15) is 0 Å². The Bertz CT molecular complexity index is 1060. The molecule has 0 unspecified atom stereocenters. The molecule has 0 aliphatic carbocycles. The first-order valence-electron chi connectivity index (χ1n) is 8.96. The number of hydrogen-bond donors (Lipinski definition) is 0. The largest absolute Gasteiger partial charge is 0.0622 e.